The third kappa shape index (κ3) is 3.62. The van der Waals surface area contributed by atoms with Crippen LogP contribution in [0.25, 0.3) is 0 Å². The number of hydrogen-bond donors (Lipinski definition) is 1. The van der Waals surface area contributed by atoms with Crippen molar-refractivity contribution in [2.24, 2.45) is 7.05 Å². The molecule has 1 amide bonds. The zero-order chi connectivity index (χ0) is 19.7. The summed E-state index contributed by atoms with van der Waals surface area (Å²) in [5.41, 5.74) is 1.71. The van der Waals surface area contributed by atoms with Crippen LogP contribution in [-0.2, 0) is 13.6 Å². The number of nitrogens with zero attached hydrogens (tertiary/aromatic N) is 6. The molecule has 1 aliphatic carbocycles. The number of carbonyl (C=O) groups excluding carboxylic acids is 1. The van der Waals surface area contributed by atoms with Crippen molar-refractivity contribution in [3.63, 3.8) is 0 Å². The molecule has 0 atom stereocenters. The summed E-state index contributed by atoms with van der Waals surface area (Å²) in [7, 11) is 5.93. The molecule has 0 bridgehead atoms. The van der Waals surface area contributed by atoms with Crippen LogP contribution in [0.5, 0.6) is 0 Å². The number of aromatic nitrogens is 5. The van der Waals surface area contributed by atoms with E-state index in [1.165, 1.54) is 0 Å². The molecule has 8 heteroatoms. The topological polar surface area (TPSA) is 80.9 Å². The second-order valence-corrected chi connectivity index (χ2v) is 7.52. The average molecular weight is 379 g/mol. The third-order valence-electron chi connectivity index (χ3n) is 5.32. The van der Waals surface area contributed by atoms with E-state index in [2.05, 4.69) is 20.6 Å². The molecule has 1 saturated carbocycles. The Balaban J connectivity index is 1.34. The molecular weight excluding hydrogens is 354 g/mol. The fourth-order valence-corrected chi connectivity index (χ4v) is 3.55. The zero-order valence-electron chi connectivity index (χ0n) is 16.4. The van der Waals surface area contributed by atoms with Gasteiger partial charge in [0.25, 0.3) is 5.91 Å². The maximum absolute atomic E-state index is 12.5. The summed E-state index contributed by atoms with van der Waals surface area (Å²) in [6, 6.07) is 9.73. The molecule has 1 aromatic carbocycles. The molecule has 1 N–H and O–H groups in total. The first kappa shape index (κ1) is 18.2. The summed E-state index contributed by atoms with van der Waals surface area (Å²) in [6.07, 6.45) is 5.43. The molecule has 146 valence electrons. The van der Waals surface area contributed by atoms with Crippen molar-refractivity contribution >= 4 is 11.6 Å². The lowest BCUT2D eigenvalue weighted by Gasteiger charge is -2.35. The van der Waals surface area contributed by atoms with Crippen LogP contribution in [0.1, 0.15) is 40.8 Å². The van der Waals surface area contributed by atoms with Crippen molar-refractivity contribution in [2.75, 3.05) is 19.0 Å². The first-order valence-electron chi connectivity index (χ1n) is 9.45. The van der Waals surface area contributed by atoms with Crippen LogP contribution in [0.4, 0.5) is 5.69 Å². The van der Waals surface area contributed by atoms with Gasteiger partial charge in [0.05, 0.1) is 0 Å². The van der Waals surface area contributed by atoms with Gasteiger partial charge in [-0.05, 0) is 37.1 Å². The molecule has 28 heavy (non-hydrogen) atoms. The molecule has 8 nitrogen and oxygen atoms in total. The maximum atomic E-state index is 12.5. The molecule has 0 spiro atoms. The Morgan fingerprint density at radius 1 is 1.25 bits per heavy atom. The van der Waals surface area contributed by atoms with Gasteiger partial charge in [0, 0.05) is 56.7 Å². The van der Waals surface area contributed by atoms with E-state index in [0.717, 1.165) is 30.2 Å². The summed E-state index contributed by atoms with van der Waals surface area (Å²) in [5, 5.41) is 16.0. The standard InChI is InChI=1S/C20H25N7O/c1-25(2)17-7-4-6-14(12-17)20(28)22-16-10-15(11-16)19-24-23-18(26(19)3)13-27-9-5-8-21-27/h4-9,12,15-16H,10-11,13H2,1-3H3,(H,22,28). The van der Waals surface area contributed by atoms with Gasteiger partial charge in [-0.25, -0.2) is 0 Å². The van der Waals surface area contributed by atoms with Crippen molar-refractivity contribution in [3.05, 3.63) is 59.9 Å². The van der Waals surface area contributed by atoms with E-state index in [4.69, 9.17) is 0 Å². The molecule has 0 aliphatic heterocycles. The van der Waals surface area contributed by atoms with Crippen LogP contribution < -0.4 is 10.2 Å². The van der Waals surface area contributed by atoms with E-state index in [-0.39, 0.29) is 11.9 Å². The van der Waals surface area contributed by atoms with Gasteiger partial charge in [0.2, 0.25) is 0 Å². The monoisotopic (exact) mass is 379 g/mol. The van der Waals surface area contributed by atoms with Crippen LogP contribution in [0.3, 0.4) is 0 Å². The summed E-state index contributed by atoms with van der Waals surface area (Å²) in [5.74, 6) is 2.15. The lowest BCUT2D eigenvalue weighted by atomic mass is 9.79. The Labute approximate surface area is 164 Å². The highest BCUT2D eigenvalue weighted by Gasteiger charge is 2.35. The largest absolute Gasteiger partial charge is 0.378 e. The Morgan fingerprint density at radius 2 is 2.07 bits per heavy atom. The Morgan fingerprint density at radius 3 is 2.79 bits per heavy atom. The highest BCUT2D eigenvalue weighted by molar-refractivity contribution is 5.95. The fourth-order valence-electron chi connectivity index (χ4n) is 3.55. The SMILES string of the molecule is CN(C)c1cccc(C(=O)NC2CC(c3nnc(Cn4cccn4)n3C)C2)c1. The maximum Gasteiger partial charge on any atom is 0.251 e. The van der Waals surface area contributed by atoms with Gasteiger partial charge < -0.3 is 14.8 Å². The van der Waals surface area contributed by atoms with Gasteiger partial charge >= 0.3 is 0 Å². The summed E-state index contributed by atoms with van der Waals surface area (Å²) in [6.45, 7) is 0.603. The molecule has 0 saturated heterocycles. The van der Waals surface area contributed by atoms with Crippen molar-refractivity contribution in [3.8, 4) is 0 Å². The minimum absolute atomic E-state index is 0.0236. The highest BCUT2D eigenvalue weighted by Crippen LogP contribution is 2.36. The third-order valence-corrected chi connectivity index (χ3v) is 5.32. The molecule has 0 radical (unpaired) electrons. The van der Waals surface area contributed by atoms with Gasteiger partial charge in [0.15, 0.2) is 5.82 Å². The van der Waals surface area contributed by atoms with Gasteiger partial charge in [0.1, 0.15) is 12.4 Å². The second kappa shape index (κ2) is 7.46. The number of rotatable bonds is 6. The van der Waals surface area contributed by atoms with Crippen LogP contribution in [0.15, 0.2) is 42.7 Å². The van der Waals surface area contributed by atoms with E-state index in [0.29, 0.717) is 18.0 Å². The number of nitrogens with one attached hydrogen (secondary N) is 1. The van der Waals surface area contributed by atoms with Gasteiger partial charge in [-0.3, -0.25) is 9.48 Å². The van der Waals surface area contributed by atoms with E-state index in [1.807, 2.05) is 71.8 Å². The van der Waals surface area contributed by atoms with E-state index in [9.17, 15) is 4.79 Å². The quantitative estimate of drug-likeness (QED) is 0.706. The Bertz CT molecular complexity index is 955. The van der Waals surface area contributed by atoms with Crippen LogP contribution in [0.2, 0.25) is 0 Å². The Hall–Kier alpha value is -3.16. The number of hydrogen-bond acceptors (Lipinski definition) is 5. The van der Waals surface area contributed by atoms with Crippen molar-refractivity contribution in [2.45, 2.75) is 31.3 Å². The number of anilines is 1. The molecule has 0 unspecified atom stereocenters. The van der Waals surface area contributed by atoms with Crippen LogP contribution in [0, 0.1) is 0 Å². The molecule has 4 rings (SSSR count). The van der Waals surface area contributed by atoms with Gasteiger partial charge in [-0.1, -0.05) is 6.07 Å². The predicted octanol–water partition coefficient (Wildman–Crippen LogP) is 1.80. The average Bonchev–Trinajstić information content (AvgIpc) is 3.29. The minimum Gasteiger partial charge on any atom is -0.378 e. The summed E-state index contributed by atoms with van der Waals surface area (Å²) < 4.78 is 3.88. The number of carbonyl (C=O) groups is 1. The minimum atomic E-state index is -0.0236. The molecular formula is C20H25N7O. The highest BCUT2D eigenvalue weighted by atomic mass is 16.1. The van der Waals surface area contributed by atoms with Gasteiger partial charge in [-0.2, -0.15) is 5.10 Å². The number of benzene rings is 1. The molecule has 3 aromatic rings. The molecule has 1 fully saturated rings. The summed E-state index contributed by atoms with van der Waals surface area (Å²) >= 11 is 0. The van der Waals surface area contributed by atoms with E-state index < -0.39 is 0 Å². The lowest BCUT2D eigenvalue weighted by molar-refractivity contribution is 0.0907. The molecule has 2 aromatic heterocycles. The van der Waals surface area contributed by atoms with Crippen molar-refractivity contribution < 1.29 is 4.79 Å². The zero-order valence-corrected chi connectivity index (χ0v) is 16.4. The van der Waals surface area contributed by atoms with Crippen LogP contribution in [-0.4, -0.2) is 50.6 Å². The summed E-state index contributed by atoms with van der Waals surface area (Å²) in [4.78, 5) is 14.5. The second-order valence-electron chi connectivity index (χ2n) is 7.52. The first-order valence-corrected chi connectivity index (χ1v) is 9.45. The normalized spacial score (nSPS) is 18.5. The Kier molecular flexibility index (Phi) is 4.85. The van der Waals surface area contributed by atoms with Gasteiger partial charge in [-0.15, -0.1) is 10.2 Å². The van der Waals surface area contributed by atoms with E-state index >= 15 is 0 Å². The molecule has 2 heterocycles. The first-order chi connectivity index (χ1) is 13.5. The van der Waals surface area contributed by atoms with Crippen molar-refractivity contribution in [1.29, 1.82) is 0 Å². The molecule has 1 aliphatic rings. The van der Waals surface area contributed by atoms with E-state index in [1.54, 1.807) is 6.20 Å². The number of amides is 1. The van der Waals surface area contributed by atoms with Crippen LogP contribution >= 0.6 is 0 Å². The lowest BCUT2D eigenvalue weighted by Crippen LogP contribution is -2.44. The van der Waals surface area contributed by atoms with Crippen molar-refractivity contribution in [1.82, 2.24) is 29.9 Å². The fraction of sp³-hybridized carbons (Fsp3) is 0.400. The smallest absolute Gasteiger partial charge is 0.251 e. The predicted molar refractivity (Wildman–Crippen MR) is 106 cm³/mol.